The molecule has 0 atom stereocenters. The Bertz CT molecular complexity index is 356. The van der Waals surface area contributed by atoms with Crippen molar-refractivity contribution in [3.8, 4) is 5.75 Å². The highest BCUT2D eigenvalue weighted by Gasteiger charge is 2.02. The fraction of sp³-hybridized carbons (Fsp3) is 0.571. The van der Waals surface area contributed by atoms with E-state index in [0.717, 1.165) is 35.4 Å². The Kier molecular flexibility index (Phi) is 7.32. The first-order chi connectivity index (χ1) is 8.63. The molecule has 1 aromatic carbocycles. The maximum absolute atomic E-state index is 5.66. The smallest absolute Gasteiger partial charge is 0.119 e. The lowest BCUT2D eigenvalue weighted by Crippen LogP contribution is -2.24. The van der Waals surface area contributed by atoms with E-state index >= 15 is 0 Å². The van der Waals surface area contributed by atoms with Crippen LogP contribution >= 0.6 is 15.9 Å². The van der Waals surface area contributed by atoms with E-state index in [1.807, 2.05) is 18.2 Å². The van der Waals surface area contributed by atoms with Gasteiger partial charge >= 0.3 is 0 Å². The molecule has 0 spiro atoms. The predicted octanol–water partition coefficient (Wildman–Crippen LogP) is 3.36. The first kappa shape index (κ1) is 15.5. The molecule has 3 nitrogen and oxygen atoms in total. The molecule has 1 aromatic rings. The number of benzene rings is 1. The third-order valence-corrected chi connectivity index (χ3v) is 3.30. The normalized spacial score (nSPS) is 10.9. The molecule has 0 saturated carbocycles. The van der Waals surface area contributed by atoms with E-state index in [1.54, 1.807) is 7.11 Å². The molecule has 0 aliphatic carbocycles. The first-order valence-corrected chi connectivity index (χ1v) is 7.06. The van der Waals surface area contributed by atoms with Crippen LogP contribution in [0.5, 0.6) is 5.75 Å². The molecule has 0 heterocycles. The average molecular weight is 316 g/mol. The molecule has 0 fully saturated rings. The highest BCUT2D eigenvalue weighted by molar-refractivity contribution is 9.10. The van der Waals surface area contributed by atoms with Gasteiger partial charge in [-0.3, -0.25) is 0 Å². The summed E-state index contributed by atoms with van der Waals surface area (Å²) in [6.45, 7) is 6.67. The molecule has 0 radical (unpaired) electrons. The average Bonchev–Trinajstić information content (AvgIpc) is 2.35. The summed E-state index contributed by atoms with van der Waals surface area (Å²) < 4.78 is 11.9. The fourth-order valence-corrected chi connectivity index (χ4v) is 1.90. The van der Waals surface area contributed by atoms with Crippen molar-refractivity contribution in [1.29, 1.82) is 0 Å². The SMILES string of the molecule is COc1ccc(Br)c(COCCCNC(C)C)c1. The van der Waals surface area contributed by atoms with E-state index in [4.69, 9.17) is 9.47 Å². The lowest BCUT2D eigenvalue weighted by Gasteiger charge is -2.10. The molecule has 4 heteroatoms. The van der Waals surface area contributed by atoms with Gasteiger partial charge in [0.1, 0.15) is 5.75 Å². The quantitative estimate of drug-likeness (QED) is 0.746. The molecule has 0 aliphatic rings. The van der Waals surface area contributed by atoms with Gasteiger partial charge in [0.2, 0.25) is 0 Å². The Morgan fingerprint density at radius 1 is 1.33 bits per heavy atom. The number of hydrogen-bond donors (Lipinski definition) is 1. The van der Waals surface area contributed by atoms with Crippen LogP contribution in [0.4, 0.5) is 0 Å². The lowest BCUT2D eigenvalue weighted by atomic mass is 10.2. The number of halogens is 1. The highest BCUT2D eigenvalue weighted by Crippen LogP contribution is 2.23. The van der Waals surface area contributed by atoms with Gasteiger partial charge in [-0.15, -0.1) is 0 Å². The van der Waals surface area contributed by atoms with E-state index in [1.165, 1.54) is 0 Å². The van der Waals surface area contributed by atoms with Gasteiger partial charge in [0.05, 0.1) is 13.7 Å². The molecule has 0 bridgehead atoms. The number of hydrogen-bond acceptors (Lipinski definition) is 3. The third kappa shape index (κ3) is 5.85. The Morgan fingerprint density at radius 3 is 2.78 bits per heavy atom. The number of ether oxygens (including phenoxy) is 2. The minimum atomic E-state index is 0.539. The molecule has 0 unspecified atom stereocenters. The second-order valence-corrected chi connectivity index (χ2v) is 5.33. The zero-order valence-corrected chi connectivity index (χ0v) is 12.9. The minimum absolute atomic E-state index is 0.539. The number of methoxy groups -OCH3 is 1. The summed E-state index contributed by atoms with van der Waals surface area (Å²) in [5.41, 5.74) is 1.12. The zero-order chi connectivity index (χ0) is 13.4. The van der Waals surface area contributed by atoms with Crippen molar-refractivity contribution < 1.29 is 9.47 Å². The van der Waals surface area contributed by atoms with Crippen molar-refractivity contribution in [1.82, 2.24) is 5.32 Å². The summed E-state index contributed by atoms with van der Waals surface area (Å²) >= 11 is 3.51. The third-order valence-electron chi connectivity index (χ3n) is 2.53. The Labute approximate surface area is 118 Å². The van der Waals surface area contributed by atoms with Crippen molar-refractivity contribution in [2.45, 2.75) is 32.9 Å². The fourth-order valence-electron chi connectivity index (χ4n) is 1.54. The summed E-state index contributed by atoms with van der Waals surface area (Å²) in [5, 5.41) is 3.36. The summed E-state index contributed by atoms with van der Waals surface area (Å²) in [6.07, 6.45) is 1.03. The highest BCUT2D eigenvalue weighted by atomic mass is 79.9. The van der Waals surface area contributed by atoms with Crippen molar-refractivity contribution in [2.24, 2.45) is 0 Å². The number of nitrogens with one attached hydrogen (secondary N) is 1. The van der Waals surface area contributed by atoms with Crippen LogP contribution < -0.4 is 10.1 Å². The molecule has 18 heavy (non-hydrogen) atoms. The van der Waals surface area contributed by atoms with Crippen LogP contribution in [0.25, 0.3) is 0 Å². The van der Waals surface area contributed by atoms with Gasteiger partial charge in [-0.05, 0) is 36.7 Å². The van der Waals surface area contributed by atoms with E-state index in [-0.39, 0.29) is 0 Å². The molecular weight excluding hydrogens is 294 g/mol. The van der Waals surface area contributed by atoms with Gasteiger partial charge in [0.15, 0.2) is 0 Å². The molecule has 102 valence electrons. The molecule has 0 aliphatic heterocycles. The second-order valence-electron chi connectivity index (χ2n) is 4.47. The van der Waals surface area contributed by atoms with Crippen LogP contribution in [0.2, 0.25) is 0 Å². The van der Waals surface area contributed by atoms with Crippen molar-refractivity contribution in [3.05, 3.63) is 28.2 Å². The lowest BCUT2D eigenvalue weighted by molar-refractivity contribution is 0.117. The largest absolute Gasteiger partial charge is 0.497 e. The van der Waals surface area contributed by atoms with Crippen LogP contribution in [-0.4, -0.2) is 26.3 Å². The van der Waals surface area contributed by atoms with Crippen molar-refractivity contribution in [2.75, 3.05) is 20.3 Å². The van der Waals surface area contributed by atoms with E-state index < -0.39 is 0 Å². The molecule has 0 amide bonds. The van der Waals surface area contributed by atoms with Gasteiger partial charge in [-0.25, -0.2) is 0 Å². The Balaban J connectivity index is 2.26. The predicted molar refractivity (Wildman–Crippen MR) is 78.1 cm³/mol. The topological polar surface area (TPSA) is 30.5 Å². The van der Waals surface area contributed by atoms with Crippen LogP contribution in [0.1, 0.15) is 25.8 Å². The van der Waals surface area contributed by atoms with Gasteiger partial charge in [-0.1, -0.05) is 29.8 Å². The van der Waals surface area contributed by atoms with Crippen molar-refractivity contribution >= 4 is 15.9 Å². The molecule has 1 N–H and O–H groups in total. The van der Waals surface area contributed by atoms with E-state index in [9.17, 15) is 0 Å². The van der Waals surface area contributed by atoms with E-state index in [0.29, 0.717) is 12.6 Å². The monoisotopic (exact) mass is 315 g/mol. The summed E-state index contributed by atoms with van der Waals surface area (Å²) in [6, 6.07) is 6.45. The maximum Gasteiger partial charge on any atom is 0.119 e. The van der Waals surface area contributed by atoms with Crippen molar-refractivity contribution in [3.63, 3.8) is 0 Å². The molecule has 0 saturated heterocycles. The summed E-state index contributed by atoms with van der Waals surface area (Å²) in [7, 11) is 1.67. The van der Waals surface area contributed by atoms with Crippen LogP contribution in [0, 0.1) is 0 Å². The first-order valence-electron chi connectivity index (χ1n) is 6.27. The zero-order valence-electron chi connectivity index (χ0n) is 11.3. The van der Waals surface area contributed by atoms with Crippen LogP contribution in [-0.2, 0) is 11.3 Å². The van der Waals surface area contributed by atoms with Gasteiger partial charge < -0.3 is 14.8 Å². The minimum Gasteiger partial charge on any atom is -0.497 e. The van der Waals surface area contributed by atoms with Gasteiger partial charge in [0, 0.05) is 17.1 Å². The summed E-state index contributed by atoms with van der Waals surface area (Å²) in [4.78, 5) is 0. The van der Waals surface area contributed by atoms with Gasteiger partial charge in [-0.2, -0.15) is 0 Å². The molecular formula is C14H22BrNO2. The Hall–Kier alpha value is -0.580. The van der Waals surface area contributed by atoms with Crippen LogP contribution in [0.15, 0.2) is 22.7 Å². The van der Waals surface area contributed by atoms with Crippen LogP contribution in [0.3, 0.4) is 0 Å². The molecule has 0 aromatic heterocycles. The second kappa shape index (κ2) is 8.51. The summed E-state index contributed by atoms with van der Waals surface area (Å²) in [5.74, 6) is 0.860. The molecule has 1 rings (SSSR count). The Morgan fingerprint density at radius 2 is 2.11 bits per heavy atom. The van der Waals surface area contributed by atoms with E-state index in [2.05, 4.69) is 35.1 Å². The van der Waals surface area contributed by atoms with Gasteiger partial charge in [0.25, 0.3) is 0 Å². The number of rotatable bonds is 8. The maximum atomic E-state index is 5.66. The standard InChI is InChI=1S/C14H22BrNO2/c1-11(2)16-7-4-8-18-10-12-9-13(17-3)5-6-14(12)15/h5-6,9,11,16H,4,7-8,10H2,1-3H3.